The molecule has 0 saturated carbocycles. The van der Waals surface area contributed by atoms with Crippen LogP contribution < -0.4 is 9.67 Å². The number of hydrogen-bond acceptors (Lipinski definition) is 6. The van der Waals surface area contributed by atoms with Crippen molar-refractivity contribution in [1.29, 1.82) is 0 Å². The lowest BCUT2D eigenvalue weighted by Crippen LogP contribution is -2.44. The molecule has 0 N–H and O–H groups in total. The minimum atomic E-state index is -4.50. The average molecular weight is 526 g/mol. The molecule has 1 aromatic heterocycles. The van der Waals surface area contributed by atoms with Crippen LogP contribution in [0.5, 0.6) is 0 Å². The van der Waals surface area contributed by atoms with E-state index in [0.717, 1.165) is 35.4 Å². The second kappa shape index (κ2) is 9.83. The molecule has 5 rings (SSSR count). The molecule has 0 radical (unpaired) electrons. The fraction of sp³-hybridized carbons (Fsp3) is 0.0357. The summed E-state index contributed by atoms with van der Waals surface area (Å²) in [5, 5.41) is 24.6. The lowest BCUT2D eigenvalue weighted by atomic mass is 9.91. The lowest BCUT2D eigenvalue weighted by molar-refractivity contribution is -0.578. The Hall–Kier alpha value is -4.96. The van der Waals surface area contributed by atoms with Gasteiger partial charge in [-0.05, 0) is 35.1 Å². The molecule has 0 fully saturated rings. The molecule has 0 amide bonds. The van der Waals surface area contributed by atoms with Crippen LogP contribution in [-0.4, -0.2) is 24.8 Å². The summed E-state index contributed by atoms with van der Waals surface area (Å²) >= 11 is 0. The fourth-order valence-electron chi connectivity index (χ4n) is 4.19. The topological polar surface area (TPSA) is 134 Å². The van der Waals surface area contributed by atoms with E-state index in [1.54, 1.807) is 30.6 Å². The van der Waals surface area contributed by atoms with Gasteiger partial charge in [0.1, 0.15) is 0 Å². The number of nitro benzene ring substituents is 1. The van der Waals surface area contributed by atoms with Crippen molar-refractivity contribution in [2.45, 2.75) is 11.3 Å². The number of benzene rings is 3. The first-order valence-corrected chi connectivity index (χ1v) is 12.9. The number of nitro groups is 1. The number of fused-ring (bicyclic) bond motifs is 1. The monoisotopic (exact) mass is 525 g/mol. The van der Waals surface area contributed by atoms with Gasteiger partial charge < -0.3 is 5.11 Å². The van der Waals surface area contributed by atoms with Crippen LogP contribution in [0.2, 0.25) is 0 Å². The van der Waals surface area contributed by atoms with E-state index >= 15 is 0 Å². The highest BCUT2D eigenvalue weighted by atomic mass is 32.2. The Labute approximate surface area is 217 Å². The van der Waals surface area contributed by atoms with Gasteiger partial charge >= 0.3 is 0 Å². The maximum Gasteiger partial charge on any atom is 0.283 e. The van der Waals surface area contributed by atoms with Crippen molar-refractivity contribution in [3.8, 4) is 0 Å². The number of aromatic nitrogens is 1. The predicted octanol–water partition coefficient (Wildman–Crippen LogP) is 3.19. The first-order valence-electron chi connectivity index (χ1n) is 11.4. The molecule has 0 atom stereocenters. The van der Waals surface area contributed by atoms with Crippen LogP contribution in [-0.2, 0) is 16.4 Å². The van der Waals surface area contributed by atoms with Gasteiger partial charge in [0, 0.05) is 35.7 Å². The fourth-order valence-corrected chi connectivity index (χ4v) is 5.18. The number of ketones is 1. The molecule has 3 aromatic carbocycles. The molecule has 0 bridgehead atoms. The zero-order valence-electron chi connectivity index (χ0n) is 19.7. The predicted molar refractivity (Wildman–Crippen MR) is 137 cm³/mol. The van der Waals surface area contributed by atoms with Crippen molar-refractivity contribution in [2.75, 3.05) is 0 Å². The van der Waals surface area contributed by atoms with E-state index < -0.39 is 32.2 Å². The van der Waals surface area contributed by atoms with Gasteiger partial charge in [-0.15, -0.1) is 4.40 Å². The zero-order chi connectivity index (χ0) is 26.9. The van der Waals surface area contributed by atoms with E-state index in [2.05, 4.69) is 4.40 Å². The van der Waals surface area contributed by atoms with E-state index in [9.17, 15) is 28.4 Å². The van der Waals surface area contributed by atoms with E-state index in [4.69, 9.17) is 0 Å². The molecule has 188 valence electrons. The maximum absolute atomic E-state index is 13.6. The van der Waals surface area contributed by atoms with Crippen LogP contribution in [0.15, 0.2) is 113 Å². The third-order valence-corrected chi connectivity index (χ3v) is 7.29. The highest BCUT2D eigenvalue weighted by Crippen LogP contribution is 2.28. The zero-order valence-corrected chi connectivity index (χ0v) is 20.5. The number of non-ortho nitro benzene ring substituents is 1. The smallest absolute Gasteiger partial charge is 0.283 e. The molecular weight excluding hydrogens is 506 g/mol. The Morgan fingerprint density at radius 2 is 1.45 bits per heavy atom. The van der Waals surface area contributed by atoms with Crippen molar-refractivity contribution in [1.82, 2.24) is 0 Å². The molecule has 9 nitrogen and oxygen atoms in total. The highest BCUT2D eigenvalue weighted by Gasteiger charge is 2.35. The molecule has 0 unspecified atom stereocenters. The number of carbonyl (C=O) groups is 1. The molecule has 1 aliphatic rings. The highest BCUT2D eigenvalue weighted by molar-refractivity contribution is 7.90. The van der Waals surface area contributed by atoms with Crippen molar-refractivity contribution < 1.29 is 27.8 Å². The quantitative estimate of drug-likeness (QED) is 0.216. The summed E-state index contributed by atoms with van der Waals surface area (Å²) in [6.07, 6.45) is 3.76. The molecule has 4 aromatic rings. The van der Waals surface area contributed by atoms with Crippen LogP contribution in [0.3, 0.4) is 0 Å². The van der Waals surface area contributed by atoms with E-state index in [1.165, 1.54) is 16.7 Å². The average Bonchev–Trinajstić information content (AvgIpc) is 2.92. The van der Waals surface area contributed by atoms with Gasteiger partial charge in [0.05, 0.1) is 9.82 Å². The molecule has 0 saturated heterocycles. The number of hydrogen-bond donors (Lipinski definition) is 0. The van der Waals surface area contributed by atoms with Gasteiger partial charge in [0.15, 0.2) is 18.1 Å². The molecule has 0 aliphatic heterocycles. The van der Waals surface area contributed by atoms with Gasteiger partial charge in [-0.2, -0.15) is 13.0 Å². The van der Waals surface area contributed by atoms with Crippen molar-refractivity contribution in [3.05, 3.63) is 136 Å². The van der Waals surface area contributed by atoms with Crippen molar-refractivity contribution in [3.63, 3.8) is 0 Å². The molecular formula is C28H19N3O6S. The molecule has 0 spiro atoms. The van der Waals surface area contributed by atoms with Crippen LogP contribution in [0.4, 0.5) is 5.69 Å². The number of nitrogens with zero attached hydrogens (tertiary/aromatic N) is 3. The van der Waals surface area contributed by atoms with E-state index in [-0.39, 0.29) is 27.4 Å². The molecule has 10 heteroatoms. The first kappa shape index (κ1) is 24.7. The van der Waals surface area contributed by atoms with Crippen LogP contribution in [0, 0.1) is 10.1 Å². The number of carbonyl (C=O) groups excluding carboxylic acids is 1. The number of rotatable bonds is 6. The van der Waals surface area contributed by atoms with Crippen molar-refractivity contribution in [2.24, 2.45) is 4.40 Å². The second-order valence-electron chi connectivity index (χ2n) is 8.50. The Morgan fingerprint density at radius 1 is 0.816 bits per heavy atom. The largest absolute Gasteiger partial charge is 0.867 e. The Balaban J connectivity index is 1.66. The van der Waals surface area contributed by atoms with Crippen molar-refractivity contribution >= 4 is 38.7 Å². The minimum absolute atomic E-state index is 0.0416. The third kappa shape index (κ3) is 4.72. The SMILES string of the molecule is O=C1/C(=N/S(=O)(=O)c2ccc([N+](=O)[O-])cc2)C([n+]2cccc(Cc3ccccc3)c2)=C([O-])c2ccccc21. The summed E-state index contributed by atoms with van der Waals surface area (Å²) in [5.74, 6) is -1.28. The number of pyridine rings is 1. The van der Waals surface area contributed by atoms with Gasteiger partial charge in [0.25, 0.3) is 15.7 Å². The summed E-state index contributed by atoms with van der Waals surface area (Å²) in [6, 6.07) is 23.5. The summed E-state index contributed by atoms with van der Waals surface area (Å²) in [5.41, 5.74) is 1.000. The van der Waals surface area contributed by atoms with Gasteiger partial charge in [0.2, 0.25) is 11.5 Å². The minimum Gasteiger partial charge on any atom is -0.867 e. The standard InChI is InChI=1S/C28H19N3O6S/c32-27-23-10-4-5-11-24(23)28(33)26(30-16-6-9-20(18-30)17-19-7-2-1-3-8-19)25(27)29-38(36,37)22-14-12-21(13-15-22)31(34)35/h1-16,18H,17H2. The van der Waals surface area contributed by atoms with Crippen LogP contribution in [0.1, 0.15) is 27.0 Å². The molecule has 1 aliphatic carbocycles. The Morgan fingerprint density at radius 3 is 2.13 bits per heavy atom. The number of sulfonamides is 1. The number of allylic oxidation sites excluding steroid dienone is 1. The Bertz CT molecular complexity index is 1750. The van der Waals surface area contributed by atoms with Gasteiger partial charge in [-0.3, -0.25) is 14.9 Å². The summed E-state index contributed by atoms with van der Waals surface area (Å²) in [7, 11) is -4.50. The third-order valence-electron chi connectivity index (χ3n) is 6.00. The summed E-state index contributed by atoms with van der Waals surface area (Å²) < 4.78 is 31.6. The van der Waals surface area contributed by atoms with E-state index in [1.807, 2.05) is 36.4 Å². The maximum atomic E-state index is 13.6. The van der Waals surface area contributed by atoms with Crippen LogP contribution >= 0.6 is 0 Å². The molecule has 1 heterocycles. The molecule has 38 heavy (non-hydrogen) atoms. The lowest BCUT2D eigenvalue weighted by Gasteiger charge is -2.23. The van der Waals surface area contributed by atoms with Gasteiger partial charge in [-0.25, -0.2) is 0 Å². The van der Waals surface area contributed by atoms with Gasteiger partial charge in [-0.1, -0.05) is 54.6 Å². The second-order valence-corrected chi connectivity index (χ2v) is 10.1. The summed E-state index contributed by atoms with van der Waals surface area (Å²) in [6.45, 7) is 0. The van der Waals surface area contributed by atoms with E-state index in [0.29, 0.717) is 6.42 Å². The Kier molecular flexibility index (Phi) is 6.39. The summed E-state index contributed by atoms with van der Waals surface area (Å²) in [4.78, 5) is 23.5. The normalized spacial score (nSPS) is 14.4. The van der Waals surface area contributed by atoms with Crippen LogP contribution in [0.25, 0.3) is 11.5 Å². The first-order chi connectivity index (χ1) is 18.2. The number of Topliss-reactive ketones (excluding diaryl/α,β-unsaturated/α-hetero) is 1.